The minimum absolute atomic E-state index is 0.000634. The number of hydrogen-bond acceptors (Lipinski definition) is 4. The summed E-state index contributed by atoms with van der Waals surface area (Å²) in [6.45, 7) is -0.000634. The van der Waals surface area contributed by atoms with Crippen molar-refractivity contribution in [1.29, 1.82) is 0 Å². The molecular formula is C28H17BN2O2. The molecule has 0 atom stereocenters. The van der Waals surface area contributed by atoms with E-state index in [4.69, 9.17) is 8.83 Å². The summed E-state index contributed by atoms with van der Waals surface area (Å²) in [6, 6.07) is 34.0. The highest BCUT2D eigenvalue weighted by molar-refractivity contribution is 6.86. The van der Waals surface area contributed by atoms with Gasteiger partial charge in [-0.1, -0.05) is 54.6 Å². The molecule has 0 radical (unpaired) electrons. The molecule has 5 heteroatoms. The molecule has 154 valence electrons. The van der Waals surface area contributed by atoms with E-state index >= 15 is 0 Å². The maximum absolute atomic E-state index is 6.10. The van der Waals surface area contributed by atoms with Gasteiger partial charge in [-0.3, -0.25) is 0 Å². The molecular weight excluding hydrogens is 407 g/mol. The molecule has 4 aromatic carbocycles. The average molecular weight is 424 g/mol. The highest BCUT2D eigenvalue weighted by Gasteiger charge is 2.48. The lowest BCUT2D eigenvalue weighted by atomic mass is 9.60. The summed E-state index contributed by atoms with van der Waals surface area (Å²) in [5.41, 5.74) is 8.79. The van der Waals surface area contributed by atoms with E-state index in [0.29, 0.717) is 0 Å². The quantitative estimate of drug-likeness (QED) is 0.271. The van der Waals surface area contributed by atoms with Gasteiger partial charge in [-0.15, -0.1) is 0 Å². The van der Waals surface area contributed by atoms with E-state index in [2.05, 4.69) is 94.6 Å². The van der Waals surface area contributed by atoms with Gasteiger partial charge in [0.05, 0.1) is 23.3 Å². The van der Waals surface area contributed by atoms with Crippen molar-refractivity contribution in [3.05, 3.63) is 103 Å². The smallest absolute Gasteiger partial charge is 0.421 e. The van der Waals surface area contributed by atoms with Crippen molar-refractivity contribution in [3.8, 4) is 11.3 Å². The SMILES string of the molecule is c1ccc2c(c1)B1N(c3ccc4oc5ccccc5c4c3)c3ccccc3N1c1ccoc1-2. The molecule has 2 aromatic heterocycles. The molecule has 4 nitrogen and oxygen atoms in total. The van der Waals surface area contributed by atoms with E-state index < -0.39 is 0 Å². The first-order valence-electron chi connectivity index (χ1n) is 11.1. The van der Waals surface area contributed by atoms with E-state index in [1.807, 2.05) is 12.1 Å². The Hall–Kier alpha value is -4.38. The fourth-order valence-electron chi connectivity index (χ4n) is 5.56. The summed E-state index contributed by atoms with van der Waals surface area (Å²) in [5, 5.41) is 2.27. The van der Waals surface area contributed by atoms with E-state index in [1.54, 1.807) is 6.26 Å². The van der Waals surface area contributed by atoms with Crippen molar-refractivity contribution in [2.75, 3.05) is 9.62 Å². The van der Waals surface area contributed by atoms with E-state index in [9.17, 15) is 0 Å². The van der Waals surface area contributed by atoms with Crippen LogP contribution in [-0.2, 0) is 0 Å². The number of benzene rings is 4. The van der Waals surface area contributed by atoms with Crippen LogP contribution in [0.2, 0.25) is 0 Å². The van der Waals surface area contributed by atoms with Gasteiger partial charge in [0.25, 0.3) is 0 Å². The predicted octanol–water partition coefficient (Wildman–Crippen LogP) is 6.84. The molecule has 0 saturated heterocycles. The van der Waals surface area contributed by atoms with Crippen LogP contribution in [0.4, 0.5) is 22.7 Å². The van der Waals surface area contributed by atoms with Crippen molar-refractivity contribution in [2.24, 2.45) is 0 Å². The molecule has 0 amide bonds. The second-order valence-electron chi connectivity index (χ2n) is 8.60. The topological polar surface area (TPSA) is 32.8 Å². The Labute approximate surface area is 190 Å². The van der Waals surface area contributed by atoms with Crippen molar-refractivity contribution in [1.82, 2.24) is 0 Å². The van der Waals surface area contributed by atoms with Crippen molar-refractivity contribution >= 4 is 57.1 Å². The van der Waals surface area contributed by atoms with Crippen LogP contribution in [0, 0.1) is 0 Å². The fourth-order valence-corrected chi connectivity index (χ4v) is 5.56. The lowest BCUT2D eigenvalue weighted by Gasteiger charge is -2.34. The molecule has 0 aliphatic carbocycles. The lowest BCUT2D eigenvalue weighted by Crippen LogP contribution is -2.55. The number of para-hydroxylation sites is 3. The molecule has 0 fully saturated rings. The molecule has 4 heterocycles. The standard InChI is InChI=1S/C28H17BN2O2/c1-3-9-22-20(8-1)28-25(15-16-32-28)31-24-11-5-4-10-23(24)30(29(22)31)18-13-14-27-21(17-18)19-7-2-6-12-26(19)33-27/h1-17H. The van der Waals surface area contributed by atoms with E-state index in [1.165, 1.54) is 16.8 Å². The Morgan fingerprint density at radius 3 is 2.30 bits per heavy atom. The third-order valence-electron chi connectivity index (χ3n) is 6.92. The Kier molecular flexibility index (Phi) is 3.19. The number of hydrogen-bond donors (Lipinski definition) is 0. The van der Waals surface area contributed by atoms with Crippen LogP contribution >= 0.6 is 0 Å². The monoisotopic (exact) mass is 424 g/mol. The summed E-state index contributed by atoms with van der Waals surface area (Å²) < 4.78 is 12.1. The summed E-state index contributed by atoms with van der Waals surface area (Å²) >= 11 is 0. The molecule has 0 unspecified atom stereocenters. The first-order chi connectivity index (χ1) is 16.4. The van der Waals surface area contributed by atoms with Crippen molar-refractivity contribution in [3.63, 3.8) is 0 Å². The van der Waals surface area contributed by atoms with Crippen molar-refractivity contribution < 1.29 is 8.83 Å². The summed E-state index contributed by atoms with van der Waals surface area (Å²) in [6.07, 6.45) is 1.79. The second-order valence-corrected chi connectivity index (χ2v) is 8.60. The molecule has 0 bridgehead atoms. The highest BCUT2D eigenvalue weighted by atomic mass is 16.3. The van der Waals surface area contributed by atoms with Gasteiger partial charge in [-0.05, 0) is 47.9 Å². The van der Waals surface area contributed by atoms with Crippen LogP contribution in [0.1, 0.15) is 0 Å². The molecule has 6 aromatic rings. The van der Waals surface area contributed by atoms with Crippen LogP contribution in [-0.4, -0.2) is 6.98 Å². The Bertz CT molecular complexity index is 1720. The van der Waals surface area contributed by atoms with Gasteiger partial charge in [0, 0.05) is 22.0 Å². The maximum Gasteiger partial charge on any atom is 0.421 e. The van der Waals surface area contributed by atoms with Crippen LogP contribution in [0.5, 0.6) is 0 Å². The van der Waals surface area contributed by atoms with Crippen molar-refractivity contribution in [2.45, 2.75) is 0 Å². The zero-order valence-corrected chi connectivity index (χ0v) is 17.6. The maximum atomic E-state index is 6.10. The summed E-state index contributed by atoms with van der Waals surface area (Å²) in [7, 11) is 0. The zero-order chi connectivity index (χ0) is 21.5. The summed E-state index contributed by atoms with van der Waals surface area (Å²) in [5.74, 6) is 0.926. The van der Waals surface area contributed by atoms with Crippen LogP contribution in [0.25, 0.3) is 33.3 Å². The van der Waals surface area contributed by atoms with Gasteiger partial charge in [-0.25, -0.2) is 0 Å². The number of nitrogens with zero attached hydrogens (tertiary/aromatic N) is 2. The van der Waals surface area contributed by atoms with E-state index in [0.717, 1.165) is 44.6 Å². The third-order valence-corrected chi connectivity index (χ3v) is 6.92. The minimum Gasteiger partial charge on any atom is -0.462 e. The van der Waals surface area contributed by atoms with Gasteiger partial charge >= 0.3 is 6.98 Å². The normalized spacial score (nSPS) is 13.9. The number of anilines is 4. The second kappa shape index (κ2) is 6.11. The van der Waals surface area contributed by atoms with Crippen LogP contribution < -0.4 is 15.1 Å². The highest BCUT2D eigenvalue weighted by Crippen LogP contribution is 2.51. The minimum atomic E-state index is -0.000634. The molecule has 0 N–H and O–H groups in total. The lowest BCUT2D eigenvalue weighted by molar-refractivity contribution is 0.583. The molecule has 2 aliphatic heterocycles. The van der Waals surface area contributed by atoms with Gasteiger partial charge < -0.3 is 18.5 Å². The first-order valence-corrected chi connectivity index (χ1v) is 11.1. The van der Waals surface area contributed by atoms with Gasteiger partial charge in [0.2, 0.25) is 0 Å². The third kappa shape index (κ3) is 2.16. The van der Waals surface area contributed by atoms with Gasteiger partial charge in [0.1, 0.15) is 11.2 Å². The Morgan fingerprint density at radius 2 is 1.36 bits per heavy atom. The average Bonchev–Trinajstić information content (AvgIpc) is 3.57. The Morgan fingerprint density at radius 1 is 0.606 bits per heavy atom. The number of rotatable bonds is 1. The van der Waals surface area contributed by atoms with E-state index in [-0.39, 0.29) is 6.98 Å². The molecule has 0 saturated carbocycles. The first kappa shape index (κ1) is 17.2. The predicted molar refractivity (Wildman–Crippen MR) is 134 cm³/mol. The largest absolute Gasteiger partial charge is 0.462 e. The molecule has 0 spiro atoms. The Balaban J connectivity index is 1.42. The number of furan rings is 2. The van der Waals surface area contributed by atoms with Gasteiger partial charge in [0.15, 0.2) is 5.76 Å². The molecule has 33 heavy (non-hydrogen) atoms. The molecule has 2 aliphatic rings. The summed E-state index contributed by atoms with van der Waals surface area (Å²) in [4.78, 5) is 4.83. The number of fused-ring (bicyclic) bond motifs is 11. The van der Waals surface area contributed by atoms with Crippen LogP contribution in [0.3, 0.4) is 0 Å². The fraction of sp³-hybridized carbons (Fsp3) is 0. The molecule has 8 rings (SSSR count). The van der Waals surface area contributed by atoms with Crippen LogP contribution in [0.15, 0.2) is 112 Å². The zero-order valence-electron chi connectivity index (χ0n) is 17.6. The van der Waals surface area contributed by atoms with Gasteiger partial charge in [-0.2, -0.15) is 0 Å².